The fourth-order valence-corrected chi connectivity index (χ4v) is 2.08. The van der Waals surface area contributed by atoms with E-state index in [1.807, 2.05) is 0 Å². The number of carbonyl (C=O) groups excluding carboxylic acids is 1. The Morgan fingerprint density at radius 2 is 2.42 bits per heavy atom. The number of anilines is 1. The van der Waals surface area contributed by atoms with Gasteiger partial charge in [0.25, 0.3) is 0 Å². The minimum atomic E-state index is -0.418. The van der Waals surface area contributed by atoms with Gasteiger partial charge < -0.3 is 14.8 Å². The predicted molar refractivity (Wildman–Crippen MR) is 72.5 cm³/mol. The van der Waals surface area contributed by atoms with Crippen LogP contribution < -0.4 is 5.32 Å². The summed E-state index contributed by atoms with van der Waals surface area (Å²) in [7, 11) is 0. The molecule has 1 atom stereocenters. The molecule has 0 unspecified atom stereocenters. The molecule has 1 heterocycles. The molecule has 104 valence electrons. The average Bonchev–Trinajstić information content (AvgIpc) is 2.87. The largest absolute Gasteiger partial charge is 0.376 e. The molecule has 0 aromatic heterocycles. The maximum Gasteiger partial charge on any atom is 0.250 e. The molecule has 4 nitrogen and oxygen atoms in total. The highest BCUT2D eigenvalue weighted by atomic mass is 79.9. The maximum atomic E-state index is 13.2. The van der Waals surface area contributed by atoms with E-state index in [1.165, 1.54) is 12.1 Å². The molecule has 1 aliphatic rings. The molecule has 1 aromatic carbocycles. The highest BCUT2D eigenvalue weighted by Gasteiger charge is 2.16. The van der Waals surface area contributed by atoms with Crippen LogP contribution >= 0.6 is 15.9 Å². The Labute approximate surface area is 119 Å². The van der Waals surface area contributed by atoms with Crippen LogP contribution in [0.3, 0.4) is 0 Å². The minimum absolute atomic E-state index is 0.0580. The van der Waals surface area contributed by atoms with Crippen molar-refractivity contribution in [3.05, 3.63) is 28.5 Å². The third-order valence-electron chi connectivity index (χ3n) is 2.76. The molecule has 0 bridgehead atoms. The van der Waals surface area contributed by atoms with Gasteiger partial charge in [-0.15, -0.1) is 0 Å². The third-order valence-corrected chi connectivity index (χ3v) is 3.41. The molecular weight excluding hydrogens is 317 g/mol. The van der Waals surface area contributed by atoms with Crippen LogP contribution in [0.2, 0.25) is 0 Å². The fraction of sp³-hybridized carbons (Fsp3) is 0.462. The number of nitrogens with one attached hydrogen (secondary N) is 1. The first-order valence-electron chi connectivity index (χ1n) is 6.09. The first-order chi connectivity index (χ1) is 9.15. The molecule has 0 radical (unpaired) electrons. The summed E-state index contributed by atoms with van der Waals surface area (Å²) >= 11 is 3.05. The first-order valence-corrected chi connectivity index (χ1v) is 6.88. The van der Waals surface area contributed by atoms with E-state index in [0.29, 0.717) is 16.8 Å². The van der Waals surface area contributed by atoms with Crippen LogP contribution in [0.4, 0.5) is 10.1 Å². The van der Waals surface area contributed by atoms with E-state index in [2.05, 4.69) is 21.2 Å². The molecule has 0 spiro atoms. The summed E-state index contributed by atoms with van der Waals surface area (Å²) in [5.41, 5.74) is 0.409. The summed E-state index contributed by atoms with van der Waals surface area (Å²) in [6, 6.07) is 4.41. The molecule has 1 aliphatic heterocycles. The molecule has 6 heteroatoms. The zero-order chi connectivity index (χ0) is 13.7. The summed E-state index contributed by atoms with van der Waals surface area (Å²) in [5, 5.41) is 2.57. The lowest BCUT2D eigenvalue weighted by Gasteiger charge is -2.10. The van der Waals surface area contributed by atoms with E-state index in [4.69, 9.17) is 9.47 Å². The Morgan fingerprint density at radius 3 is 3.11 bits per heavy atom. The Kier molecular flexibility index (Phi) is 5.30. The second-order valence-electron chi connectivity index (χ2n) is 4.33. The average molecular weight is 332 g/mol. The minimum Gasteiger partial charge on any atom is -0.376 e. The van der Waals surface area contributed by atoms with Gasteiger partial charge in [-0.05, 0) is 47.0 Å². The summed E-state index contributed by atoms with van der Waals surface area (Å²) in [5.74, 6) is -0.724. The number of amides is 1. The zero-order valence-electron chi connectivity index (χ0n) is 10.3. The number of hydrogen-bond donors (Lipinski definition) is 1. The van der Waals surface area contributed by atoms with Crippen LogP contribution in [0, 0.1) is 5.82 Å². The summed E-state index contributed by atoms with van der Waals surface area (Å²) < 4.78 is 24.2. The van der Waals surface area contributed by atoms with Crippen LogP contribution in [-0.4, -0.2) is 31.8 Å². The van der Waals surface area contributed by atoms with E-state index in [1.54, 1.807) is 6.07 Å². The quantitative estimate of drug-likeness (QED) is 0.902. The van der Waals surface area contributed by atoms with E-state index in [0.717, 1.165) is 19.4 Å². The molecule has 19 heavy (non-hydrogen) atoms. The van der Waals surface area contributed by atoms with E-state index in [-0.39, 0.29) is 18.6 Å². The maximum absolute atomic E-state index is 13.2. The van der Waals surface area contributed by atoms with Crippen molar-refractivity contribution in [3.8, 4) is 0 Å². The molecule has 1 amide bonds. The standard InChI is InChI=1S/C13H15BrFNO3/c14-11-4-3-9(6-12(11)15)16-13(17)8-18-7-10-2-1-5-19-10/h3-4,6,10H,1-2,5,7-8H2,(H,16,17)/t10-/m1/s1. The second kappa shape index (κ2) is 6.98. The van der Waals surface area contributed by atoms with Crippen molar-refractivity contribution in [3.63, 3.8) is 0 Å². The Bertz CT molecular complexity index is 450. The van der Waals surface area contributed by atoms with Crippen LogP contribution in [0.5, 0.6) is 0 Å². The van der Waals surface area contributed by atoms with E-state index < -0.39 is 5.82 Å². The Hall–Kier alpha value is -0.980. The van der Waals surface area contributed by atoms with Gasteiger partial charge >= 0.3 is 0 Å². The molecule has 1 aromatic rings. The van der Waals surface area contributed by atoms with Crippen molar-refractivity contribution >= 4 is 27.5 Å². The number of carbonyl (C=O) groups is 1. The van der Waals surface area contributed by atoms with Crippen molar-refractivity contribution in [2.45, 2.75) is 18.9 Å². The van der Waals surface area contributed by atoms with Gasteiger partial charge in [0.2, 0.25) is 5.91 Å². The van der Waals surface area contributed by atoms with Gasteiger partial charge in [-0.1, -0.05) is 0 Å². The molecule has 2 rings (SSSR count). The van der Waals surface area contributed by atoms with Crippen molar-refractivity contribution in [1.29, 1.82) is 0 Å². The normalized spacial score (nSPS) is 18.5. The number of halogens is 2. The lowest BCUT2D eigenvalue weighted by Crippen LogP contribution is -2.22. The molecule has 0 aliphatic carbocycles. The van der Waals surface area contributed by atoms with Crippen LogP contribution in [-0.2, 0) is 14.3 Å². The summed E-state index contributed by atoms with van der Waals surface area (Å²) in [6.45, 7) is 1.12. The number of rotatable bonds is 5. The van der Waals surface area contributed by atoms with Crippen molar-refractivity contribution < 1.29 is 18.7 Å². The van der Waals surface area contributed by atoms with Gasteiger partial charge in [0.15, 0.2) is 0 Å². The highest BCUT2D eigenvalue weighted by molar-refractivity contribution is 9.10. The number of benzene rings is 1. The van der Waals surface area contributed by atoms with Gasteiger partial charge in [-0.2, -0.15) is 0 Å². The van der Waals surface area contributed by atoms with Crippen molar-refractivity contribution in [2.75, 3.05) is 25.1 Å². The lowest BCUT2D eigenvalue weighted by atomic mass is 10.2. The van der Waals surface area contributed by atoms with Crippen LogP contribution in [0.15, 0.2) is 22.7 Å². The number of hydrogen-bond acceptors (Lipinski definition) is 3. The monoisotopic (exact) mass is 331 g/mol. The number of ether oxygens (including phenoxy) is 2. The summed E-state index contributed by atoms with van der Waals surface area (Å²) in [4.78, 5) is 11.6. The van der Waals surface area contributed by atoms with Gasteiger partial charge in [-0.3, -0.25) is 4.79 Å². The predicted octanol–water partition coefficient (Wildman–Crippen LogP) is 2.72. The molecule has 1 N–H and O–H groups in total. The molecule has 1 saturated heterocycles. The van der Waals surface area contributed by atoms with Crippen molar-refractivity contribution in [2.24, 2.45) is 0 Å². The Balaban J connectivity index is 1.72. The van der Waals surface area contributed by atoms with Gasteiger partial charge in [0.05, 0.1) is 17.2 Å². The topological polar surface area (TPSA) is 47.6 Å². The van der Waals surface area contributed by atoms with Gasteiger partial charge in [0, 0.05) is 12.3 Å². The first kappa shape index (κ1) is 14.4. The SMILES string of the molecule is O=C(COC[C@H]1CCCO1)Nc1ccc(Br)c(F)c1. The smallest absolute Gasteiger partial charge is 0.250 e. The van der Waals surface area contributed by atoms with Gasteiger partial charge in [-0.25, -0.2) is 4.39 Å². The summed E-state index contributed by atoms with van der Waals surface area (Å²) in [6.07, 6.45) is 2.11. The van der Waals surface area contributed by atoms with Crippen molar-refractivity contribution in [1.82, 2.24) is 0 Å². The lowest BCUT2D eigenvalue weighted by molar-refractivity contribution is -0.121. The van der Waals surface area contributed by atoms with Crippen LogP contribution in [0.25, 0.3) is 0 Å². The second-order valence-corrected chi connectivity index (χ2v) is 5.18. The van der Waals surface area contributed by atoms with E-state index in [9.17, 15) is 9.18 Å². The third kappa shape index (κ3) is 4.56. The fourth-order valence-electron chi connectivity index (χ4n) is 1.83. The zero-order valence-corrected chi connectivity index (χ0v) is 11.9. The van der Waals surface area contributed by atoms with E-state index >= 15 is 0 Å². The highest BCUT2D eigenvalue weighted by Crippen LogP contribution is 2.19. The molecule has 0 saturated carbocycles. The van der Waals surface area contributed by atoms with Crippen LogP contribution in [0.1, 0.15) is 12.8 Å². The molecular formula is C13H15BrFNO3. The van der Waals surface area contributed by atoms with Gasteiger partial charge in [0.1, 0.15) is 12.4 Å². The molecule has 1 fully saturated rings. The Morgan fingerprint density at radius 1 is 1.58 bits per heavy atom.